The van der Waals surface area contributed by atoms with E-state index in [0.29, 0.717) is 0 Å². The lowest BCUT2D eigenvalue weighted by molar-refractivity contribution is 0.673. The van der Waals surface area contributed by atoms with Crippen molar-refractivity contribution in [2.75, 3.05) is 6.54 Å². The number of hydrogen-bond donors (Lipinski definition) is 1. The Morgan fingerprint density at radius 3 is 2.94 bits per heavy atom. The zero-order chi connectivity index (χ0) is 12.1. The van der Waals surface area contributed by atoms with Crippen molar-refractivity contribution in [2.45, 2.75) is 19.9 Å². The molecule has 0 amide bonds. The van der Waals surface area contributed by atoms with Gasteiger partial charge in [-0.25, -0.2) is 4.68 Å². The van der Waals surface area contributed by atoms with Gasteiger partial charge in [0.2, 0.25) is 0 Å². The molecule has 17 heavy (non-hydrogen) atoms. The fourth-order valence-corrected chi connectivity index (χ4v) is 2.15. The molecule has 0 saturated heterocycles. The molecule has 0 saturated carbocycles. The van der Waals surface area contributed by atoms with Gasteiger partial charge >= 0.3 is 0 Å². The fraction of sp³-hybridized carbons (Fsp3) is 0.308. The molecular weight excluding hydrogens is 278 g/mol. The van der Waals surface area contributed by atoms with Crippen molar-refractivity contribution in [3.8, 4) is 5.69 Å². The maximum Gasteiger partial charge on any atom is 0.0656 e. The van der Waals surface area contributed by atoms with E-state index in [2.05, 4.69) is 51.5 Å². The zero-order valence-corrected chi connectivity index (χ0v) is 11.4. The molecule has 0 radical (unpaired) electrons. The van der Waals surface area contributed by atoms with Crippen molar-refractivity contribution in [1.29, 1.82) is 0 Å². The molecule has 4 heteroatoms. The predicted octanol–water partition coefficient (Wildman–Crippen LogP) is 3.13. The van der Waals surface area contributed by atoms with Gasteiger partial charge in [0.15, 0.2) is 0 Å². The molecule has 0 spiro atoms. The molecule has 0 aliphatic heterocycles. The Balaban J connectivity index is 2.12. The highest BCUT2D eigenvalue weighted by molar-refractivity contribution is 9.10. The van der Waals surface area contributed by atoms with E-state index in [1.807, 2.05) is 16.9 Å². The smallest absolute Gasteiger partial charge is 0.0656 e. The van der Waals surface area contributed by atoms with Gasteiger partial charge in [-0.3, -0.25) is 0 Å². The Hall–Kier alpha value is -1.13. The average Bonchev–Trinajstić information content (AvgIpc) is 2.85. The van der Waals surface area contributed by atoms with Crippen molar-refractivity contribution < 1.29 is 0 Å². The normalized spacial score (nSPS) is 10.7. The summed E-state index contributed by atoms with van der Waals surface area (Å²) in [6.45, 7) is 4.12. The standard InChI is InChI=1S/C13H16BrN3/c1-2-6-15-10-11-4-5-12(9-13(11)14)17-8-3-7-16-17/h3-5,7-9,15H,2,6,10H2,1H3. The molecule has 0 aliphatic rings. The second-order valence-corrected chi connectivity index (χ2v) is 4.76. The van der Waals surface area contributed by atoms with Crippen molar-refractivity contribution in [3.05, 3.63) is 46.7 Å². The van der Waals surface area contributed by atoms with E-state index in [4.69, 9.17) is 0 Å². The molecule has 1 aromatic carbocycles. The van der Waals surface area contributed by atoms with Crippen molar-refractivity contribution in [2.24, 2.45) is 0 Å². The SMILES string of the molecule is CCCNCc1ccc(-n2cccn2)cc1Br. The van der Waals surface area contributed by atoms with E-state index in [9.17, 15) is 0 Å². The lowest BCUT2D eigenvalue weighted by atomic mass is 10.2. The summed E-state index contributed by atoms with van der Waals surface area (Å²) in [7, 11) is 0. The minimum Gasteiger partial charge on any atom is -0.313 e. The molecule has 0 unspecified atom stereocenters. The summed E-state index contributed by atoms with van der Waals surface area (Å²) >= 11 is 3.60. The van der Waals surface area contributed by atoms with Gasteiger partial charge in [0.25, 0.3) is 0 Å². The lowest BCUT2D eigenvalue weighted by Gasteiger charge is -2.08. The van der Waals surface area contributed by atoms with Crippen LogP contribution in [0.4, 0.5) is 0 Å². The molecule has 0 aliphatic carbocycles. The van der Waals surface area contributed by atoms with Crippen LogP contribution in [0, 0.1) is 0 Å². The van der Waals surface area contributed by atoms with Gasteiger partial charge in [-0.1, -0.05) is 28.9 Å². The molecular formula is C13H16BrN3. The molecule has 90 valence electrons. The van der Waals surface area contributed by atoms with Crippen LogP contribution in [0.2, 0.25) is 0 Å². The predicted molar refractivity (Wildman–Crippen MR) is 73.3 cm³/mol. The molecule has 1 aromatic heterocycles. The van der Waals surface area contributed by atoms with Gasteiger partial charge < -0.3 is 5.32 Å². The molecule has 1 N–H and O–H groups in total. The Labute approximate surface area is 110 Å². The van der Waals surface area contributed by atoms with Gasteiger partial charge in [0.05, 0.1) is 5.69 Å². The highest BCUT2D eigenvalue weighted by Crippen LogP contribution is 2.20. The molecule has 1 heterocycles. The minimum atomic E-state index is 0.897. The lowest BCUT2D eigenvalue weighted by Crippen LogP contribution is -2.14. The number of nitrogens with zero attached hydrogens (tertiary/aromatic N) is 2. The Morgan fingerprint density at radius 1 is 1.41 bits per heavy atom. The number of benzene rings is 1. The van der Waals surface area contributed by atoms with E-state index in [-0.39, 0.29) is 0 Å². The van der Waals surface area contributed by atoms with E-state index in [1.54, 1.807) is 6.20 Å². The Bertz CT molecular complexity index is 466. The van der Waals surface area contributed by atoms with Gasteiger partial charge in [0, 0.05) is 23.4 Å². The second-order valence-electron chi connectivity index (χ2n) is 3.90. The van der Waals surface area contributed by atoms with E-state index in [1.165, 1.54) is 5.56 Å². The fourth-order valence-electron chi connectivity index (χ4n) is 1.64. The summed E-state index contributed by atoms with van der Waals surface area (Å²) in [6.07, 6.45) is 4.88. The number of halogens is 1. The van der Waals surface area contributed by atoms with Crippen molar-refractivity contribution >= 4 is 15.9 Å². The number of aromatic nitrogens is 2. The average molecular weight is 294 g/mol. The molecule has 0 bridgehead atoms. The van der Waals surface area contributed by atoms with Crippen LogP contribution in [0.25, 0.3) is 5.69 Å². The summed E-state index contributed by atoms with van der Waals surface area (Å²) in [5.41, 5.74) is 2.34. The third kappa shape index (κ3) is 3.17. The van der Waals surface area contributed by atoms with Gasteiger partial charge in [-0.05, 0) is 36.7 Å². The quantitative estimate of drug-likeness (QED) is 0.859. The van der Waals surface area contributed by atoms with E-state index < -0.39 is 0 Å². The first-order chi connectivity index (χ1) is 8.31. The summed E-state index contributed by atoms with van der Waals surface area (Å²) in [4.78, 5) is 0. The summed E-state index contributed by atoms with van der Waals surface area (Å²) < 4.78 is 2.97. The first-order valence-corrected chi connectivity index (χ1v) is 6.59. The van der Waals surface area contributed by atoms with Crippen molar-refractivity contribution in [1.82, 2.24) is 15.1 Å². The van der Waals surface area contributed by atoms with Gasteiger partial charge in [0.1, 0.15) is 0 Å². The van der Waals surface area contributed by atoms with E-state index >= 15 is 0 Å². The summed E-state index contributed by atoms with van der Waals surface area (Å²) in [5.74, 6) is 0. The highest BCUT2D eigenvalue weighted by Gasteiger charge is 2.02. The monoisotopic (exact) mass is 293 g/mol. The van der Waals surface area contributed by atoms with Crippen LogP contribution >= 0.6 is 15.9 Å². The van der Waals surface area contributed by atoms with Gasteiger partial charge in [-0.2, -0.15) is 5.10 Å². The molecule has 2 aromatic rings. The van der Waals surface area contributed by atoms with Crippen LogP contribution in [-0.2, 0) is 6.54 Å². The Kier molecular flexibility index (Phi) is 4.34. The van der Waals surface area contributed by atoms with Crippen LogP contribution in [0.15, 0.2) is 41.1 Å². The third-order valence-electron chi connectivity index (χ3n) is 2.55. The number of hydrogen-bond acceptors (Lipinski definition) is 2. The van der Waals surface area contributed by atoms with Crippen LogP contribution in [0.1, 0.15) is 18.9 Å². The zero-order valence-electron chi connectivity index (χ0n) is 9.86. The van der Waals surface area contributed by atoms with Crippen LogP contribution in [-0.4, -0.2) is 16.3 Å². The highest BCUT2D eigenvalue weighted by atomic mass is 79.9. The summed E-state index contributed by atoms with van der Waals surface area (Å²) in [5, 5.41) is 7.61. The molecule has 3 nitrogen and oxygen atoms in total. The topological polar surface area (TPSA) is 29.9 Å². The largest absolute Gasteiger partial charge is 0.313 e. The minimum absolute atomic E-state index is 0.897. The first kappa shape index (κ1) is 12.3. The number of rotatable bonds is 5. The summed E-state index contributed by atoms with van der Waals surface area (Å²) in [6, 6.07) is 8.23. The van der Waals surface area contributed by atoms with Crippen molar-refractivity contribution in [3.63, 3.8) is 0 Å². The molecule has 0 atom stereocenters. The van der Waals surface area contributed by atoms with Gasteiger partial charge in [-0.15, -0.1) is 0 Å². The molecule has 0 fully saturated rings. The van der Waals surface area contributed by atoms with Crippen LogP contribution < -0.4 is 5.32 Å². The maximum atomic E-state index is 4.21. The maximum absolute atomic E-state index is 4.21. The number of nitrogens with one attached hydrogen (secondary N) is 1. The van der Waals surface area contributed by atoms with E-state index in [0.717, 1.165) is 29.7 Å². The van der Waals surface area contributed by atoms with Crippen LogP contribution in [0.5, 0.6) is 0 Å². The Morgan fingerprint density at radius 2 is 2.29 bits per heavy atom. The van der Waals surface area contributed by atoms with Crippen LogP contribution in [0.3, 0.4) is 0 Å². The molecule has 2 rings (SSSR count). The second kappa shape index (κ2) is 5.98. The third-order valence-corrected chi connectivity index (χ3v) is 3.29. The first-order valence-electron chi connectivity index (χ1n) is 5.80.